The molecule has 4 heteroatoms. The molecule has 0 unspecified atom stereocenters. The Morgan fingerprint density at radius 2 is 0.973 bits per heavy atom. The van der Waals surface area contributed by atoms with Crippen molar-refractivity contribution in [2.75, 3.05) is 15.1 Å². The number of anilines is 8. The van der Waals surface area contributed by atoms with Gasteiger partial charge in [0, 0.05) is 56.4 Å². The van der Waals surface area contributed by atoms with Crippen molar-refractivity contribution < 1.29 is 0 Å². The second-order valence-electron chi connectivity index (χ2n) is 23.1. The summed E-state index contributed by atoms with van der Waals surface area (Å²) in [4.78, 5) is 4.97. The van der Waals surface area contributed by atoms with Crippen LogP contribution in [0.1, 0.15) is 84.6 Å². The van der Waals surface area contributed by atoms with Crippen molar-refractivity contribution in [2.45, 2.75) is 85.5 Å². The second kappa shape index (κ2) is 18.3. The summed E-state index contributed by atoms with van der Waals surface area (Å²) in [5.41, 5.74) is 21.2. The highest BCUT2D eigenvalue weighted by Crippen LogP contribution is 2.47. The van der Waals surface area contributed by atoms with Gasteiger partial charge in [0.25, 0.3) is 0 Å². The van der Waals surface area contributed by atoms with Gasteiger partial charge in [-0.1, -0.05) is 195 Å². The number of nitrogens with one attached hydrogen (secondary N) is 1. The quantitative estimate of drug-likeness (QED) is 0.153. The zero-order valence-electron chi connectivity index (χ0n) is 44.1. The molecular weight excluding hydrogens is 882 g/mol. The van der Waals surface area contributed by atoms with Crippen molar-refractivity contribution >= 4 is 85.2 Å². The summed E-state index contributed by atoms with van der Waals surface area (Å²) in [6, 6.07) is 76.8. The molecule has 0 amide bonds. The Kier molecular flexibility index (Phi) is 11.9. The first-order valence-corrected chi connectivity index (χ1v) is 25.9. The molecule has 0 saturated heterocycles. The topological polar surface area (TPSA) is 18.5 Å². The Hall–Kier alpha value is -7.82. The molecule has 1 N–H and O–H groups in total. The molecule has 0 fully saturated rings. The van der Waals surface area contributed by atoms with Crippen LogP contribution in [0.3, 0.4) is 0 Å². The molecule has 0 atom stereocenters. The number of fused-ring (bicyclic) bond motifs is 5. The fraction of sp³-hybridized carbons (Fsp3) is 0.188. The minimum Gasteiger partial charge on any atom is -0.355 e. The van der Waals surface area contributed by atoms with Crippen molar-refractivity contribution in [1.29, 1.82) is 0 Å². The molecule has 0 spiro atoms. The summed E-state index contributed by atoms with van der Waals surface area (Å²) in [6.45, 7) is 22.8. The van der Waals surface area contributed by atoms with E-state index in [0.717, 1.165) is 45.3 Å². The van der Waals surface area contributed by atoms with Crippen LogP contribution in [-0.4, -0.2) is 7.28 Å². The normalized spacial score (nSPS) is 12.6. The van der Waals surface area contributed by atoms with Crippen molar-refractivity contribution in [3.05, 3.63) is 229 Å². The lowest BCUT2D eigenvalue weighted by Crippen LogP contribution is -2.41. The summed E-state index contributed by atoms with van der Waals surface area (Å²) < 4.78 is 0. The van der Waals surface area contributed by atoms with E-state index in [0.29, 0.717) is 0 Å². The van der Waals surface area contributed by atoms with Crippen LogP contribution in [0.25, 0.3) is 43.8 Å². The molecule has 1 aliphatic rings. The van der Waals surface area contributed by atoms with Gasteiger partial charge >= 0.3 is 0 Å². The van der Waals surface area contributed by atoms with Gasteiger partial charge in [-0.15, -0.1) is 0 Å². The predicted octanol–water partition coefficient (Wildman–Crippen LogP) is 18.2. The summed E-state index contributed by atoms with van der Waals surface area (Å²) >= 11 is 0. The highest BCUT2D eigenvalue weighted by molar-refractivity contribution is 6.74. The van der Waals surface area contributed by atoms with Gasteiger partial charge in [-0.05, 0) is 163 Å². The second-order valence-corrected chi connectivity index (χ2v) is 23.1. The Morgan fingerprint density at radius 3 is 1.58 bits per heavy atom. The van der Waals surface area contributed by atoms with E-state index in [1.165, 1.54) is 77.2 Å². The lowest BCUT2D eigenvalue weighted by atomic mass is 9.57. The molecule has 0 aliphatic carbocycles. The molecule has 11 rings (SSSR count). The summed E-state index contributed by atoms with van der Waals surface area (Å²) in [6.07, 6.45) is 0. The molecule has 10 aromatic carbocycles. The number of hydrogen-bond donors (Lipinski definition) is 1. The third-order valence-corrected chi connectivity index (χ3v) is 14.9. The van der Waals surface area contributed by atoms with Crippen LogP contribution in [0.5, 0.6) is 0 Å². The maximum atomic E-state index is 3.94. The van der Waals surface area contributed by atoms with Gasteiger partial charge in [0.1, 0.15) is 0 Å². The van der Waals surface area contributed by atoms with Gasteiger partial charge in [0.15, 0.2) is 7.28 Å². The standard InChI is InChI=1S/C69H65BN3/c1-45-42-48(46-18-12-11-13-19-46)25-40-62(45)73-63-41-38-56(72(54-34-28-51(29-35-54)68(5,6)7)55-36-30-52(31-37-55)69(8,9)10)44-60(63)70-65-59(43-49-21-15-17-23-58(49)66(65)73)64-57-22-16-14-20-47(57)24-39-61(64)71-53-32-26-50(27-33-53)67(2,3)4/h11-44,71H,1-10H3. The van der Waals surface area contributed by atoms with E-state index in [2.05, 4.69) is 298 Å². The zero-order chi connectivity index (χ0) is 50.8. The molecular formula is C69H65BN3. The van der Waals surface area contributed by atoms with E-state index in [1.54, 1.807) is 0 Å². The smallest absolute Gasteiger partial charge is 0.198 e. The first-order valence-electron chi connectivity index (χ1n) is 25.9. The van der Waals surface area contributed by atoms with E-state index in [-0.39, 0.29) is 16.2 Å². The SMILES string of the molecule is Cc1cc(-c2ccccc2)ccc1N1c2ccc(N(c3ccc(C(C)(C)C)cc3)c3ccc(C(C)(C)C)cc3)cc2[B]c2c(-c3c(Nc4ccc(C(C)(C)C)cc4)ccc4ccccc34)cc3ccccc3c21. The van der Waals surface area contributed by atoms with E-state index in [9.17, 15) is 0 Å². The molecule has 1 radical (unpaired) electrons. The molecule has 1 aliphatic heterocycles. The minimum atomic E-state index is 0.0327. The predicted molar refractivity (Wildman–Crippen MR) is 317 cm³/mol. The Labute approximate surface area is 434 Å². The molecule has 359 valence electrons. The molecule has 0 bridgehead atoms. The van der Waals surface area contributed by atoms with E-state index < -0.39 is 0 Å². The van der Waals surface area contributed by atoms with E-state index >= 15 is 0 Å². The van der Waals surface area contributed by atoms with Gasteiger partial charge in [0.05, 0.1) is 0 Å². The largest absolute Gasteiger partial charge is 0.355 e. The average Bonchev–Trinajstić information content (AvgIpc) is 3.38. The minimum absolute atomic E-state index is 0.0327. The van der Waals surface area contributed by atoms with Gasteiger partial charge < -0.3 is 15.1 Å². The third-order valence-electron chi connectivity index (χ3n) is 14.9. The first kappa shape index (κ1) is 47.5. The Morgan fingerprint density at radius 1 is 0.438 bits per heavy atom. The fourth-order valence-corrected chi connectivity index (χ4v) is 10.7. The maximum absolute atomic E-state index is 3.94. The van der Waals surface area contributed by atoms with E-state index in [1.807, 2.05) is 0 Å². The van der Waals surface area contributed by atoms with Gasteiger partial charge in [-0.3, -0.25) is 0 Å². The third kappa shape index (κ3) is 9.10. The monoisotopic (exact) mass is 947 g/mol. The van der Waals surface area contributed by atoms with Gasteiger partial charge in [-0.25, -0.2) is 0 Å². The number of rotatable bonds is 8. The van der Waals surface area contributed by atoms with E-state index in [4.69, 9.17) is 0 Å². The average molecular weight is 947 g/mol. The van der Waals surface area contributed by atoms with Crippen LogP contribution in [0.15, 0.2) is 206 Å². The maximum Gasteiger partial charge on any atom is 0.198 e. The van der Waals surface area contributed by atoms with Crippen LogP contribution in [-0.2, 0) is 16.2 Å². The van der Waals surface area contributed by atoms with Gasteiger partial charge in [-0.2, -0.15) is 0 Å². The number of nitrogens with zero attached hydrogens (tertiary/aromatic N) is 2. The molecule has 0 saturated carbocycles. The number of aryl methyl sites for hydroxylation is 1. The number of benzene rings is 10. The van der Waals surface area contributed by atoms with Crippen molar-refractivity contribution in [1.82, 2.24) is 0 Å². The van der Waals surface area contributed by atoms with Crippen molar-refractivity contribution in [3.63, 3.8) is 0 Å². The zero-order valence-corrected chi connectivity index (χ0v) is 44.1. The highest BCUT2D eigenvalue weighted by Gasteiger charge is 2.32. The summed E-state index contributed by atoms with van der Waals surface area (Å²) in [7, 11) is 2.47. The highest BCUT2D eigenvalue weighted by atomic mass is 15.2. The molecule has 3 nitrogen and oxygen atoms in total. The lowest BCUT2D eigenvalue weighted by molar-refractivity contribution is 0.590. The first-order chi connectivity index (χ1) is 35.0. The fourth-order valence-electron chi connectivity index (χ4n) is 10.7. The molecule has 73 heavy (non-hydrogen) atoms. The Bertz CT molecular complexity index is 3610. The number of hydrogen-bond acceptors (Lipinski definition) is 3. The van der Waals surface area contributed by atoms with Crippen molar-refractivity contribution in [3.8, 4) is 22.3 Å². The van der Waals surface area contributed by atoms with Crippen molar-refractivity contribution in [2.24, 2.45) is 0 Å². The molecule has 10 aromatic rings. The lowest BCUT2D eigenvalue weighted by Gasteiger charge is -2.38. The van der Waals surface area contributed by atoms with Crippen LogP contribution in [0.4, 0.5) is 45.5 Å². The summed E-state index contributed by atoms with van der Waals surface area (Å²) in [5.74, 6) is 0. The molecule has 1 heterocycles. The van der Waals surface area contributed by atoms with Crippen LogP contribution in [0.2, 0.25) is 0 Å². The van der Waals surface area contributed by atoms with Crippen LogP contribution < -0.4 is 26.0 Å². The van der Waals surface area contributed by atoms with Gasteiger partial charge in [0.2, 0.25) is 0 Å². The van der Waals surface area contributed by atoms with Crippen LogP contribution in [0, 0.1) is 6.92 Å². The Balaban J connectivity index is 1.16. The summed E-state index contributed by atoms with van der Waals surface area (Å²) in [5, 5.41) is 8.72. The molecule has 0 aromatic heterocycles. The van der Waals surface area contributed by atoms with Crippen LogP contribution >= 0.6 is 0 Å².